The molecule has 1 amide bonds. The Morgan fingerprint density at radius 2 is 1.37 bits per heavy atom. The van der Waals surface area contributed by atoms with Crippen LogP contribution in [0, 0.1) is 11.8 Å². The minimum atomic E-state index is -6.41. The number of alkyl halides is 10. The molecule has 2 aliphatic rings. The third-order valence-electron chi connectivity index (χ3n) is 8.48. The number of hydrogen-bond donors (Lipinski definition) is 0. The molecular formula is C28H27F10NO3S. The van der Waals surface area contributed by atoms with Crippen molar-refractivity contribution in [2.24, 2.45) is 11.8 Å². The zero-order valence-electron chi connectivity index (χ0n) is 22.6. The number of halogens is 10. The Bertz CT molecular complexity index is 1430. The minimum absolute atomic E-state index is 0.159. The Labute approximate surface area is 241 Å². The fraction of sp³-hybridized carbons (Fsp3) is 0.536. The molecule has 0 radical (unpaired) electrons. The fourth-order valence-electron chi connectivity index (χ4n) is 5.90. The van der Waals surface area contributed by atoms with Gasteiger partial charge in [0.25, 0.3) is 0 Å². The lowest BCUT2D eigenvalue weighted by atomic mass is 9.82. The zero-order valence-corrected chi connectivity index (χ0v) is 23.4. The molecule has 2 fully saturated rings. The van der Waals surface area contributed by atoms with Crippen LogP contribution < -0.4 is 0 Å². The van der Waals surface area contributed by atoms with Crippen LogP contribution in [0.2, 0.25) is 0 Å². The van der Waals surface area contributed by atoms with E-state index in [1.165, 1.54) is 4.90 Å². The highest BCUT2D eigenvalue weighted by atomic mass is 32.2. The van der Waals surface area contributed by atoms with E-state index in [1.54, 1.807) is 0 Å². The third-order valence-corrected chi connectivity index (χ3v) is 11.0. The van der Waals surface area contributed by atoms with Gasteiger partial charge in [-0.2, -0.15) is 39.5 Å². The summed E-state index contributed by atoms with van der Waals surface area (Å²) in [4.78, 5) is 13.8. The predicted octanol–water partition coefficient (Wildman–Crippen LogP) is 7.72. The van der Waals surface area contributed by atoms with Gasteiger partial charge >= 0.3 is 24.2 Å². The first kappa shape index (κ1) is 33.1. The molecule has 0 spiro atoms. The molecule has 2 aromatic rings. The minimum Gasteiger partial charge on any atom is -0.340 e. The van der Waals surface area contributed by atoms with E-state index in [2.05, 4.69) is 0 Å². The van der Waals surface area contributed by atoms with Crippen molar-refractivity contribution in [2.75, 3.05) is 13.1 Å². The van der Waals surface area contributed by atoms with Gasteiger partial charge in [-0.3, -0.25) is 4.79 Å². The molecule has 15 heteroatoms. The van der Waals surface area contributed by atoms with Crippen LogP contribution >= 0.6 is 0 Å². The average molecular weight is 648 g/mol. The second-order valence-corrected chi connectivity index (χ2v) is 13.5. The van der Waals surface area contributed by atoms with Crippen molar-refractivity contribution in [3.05, 3.63) is 65.2 Å². The van der Waals surface area contributed by atoms with Crippen LogP contribution in [0.1, 0.15) is 55.7 Å². The highest BCUT2D eigenvalue weighted by Gasteiger charge is 2.73. The van der Waals surface area contributed by atoms with Crippen LogP contribution in [0.5, 0.6) is 0 Å². The van der Waals surface area contributed by atoms with E-state index in [1.807, 2.05) is 6.92 Å². The first-order valence-corrected chi connectivity index (χ1v) is 14.8. The average Bonchev–Trinajstić information content (AvgIpc) is 3.38. The van der Waals surface area contributed by atoms with Crippen molar-refractivity contribution in [3.63, 3.8) is 0 Å². The first-order valence-electron chi connectivity index (χ1n) is 13.3. The Kier molecular flexibility index (Phi) is 8.42. The van der Waals surface area contributed by atoms with Gasteiger partial charge in [0.15, 0.2) is 9.84 Å². The van der Waals surface area contributed by atoms with E-state index in [4.69, 9.17) is 0 Å². The topological polar surface area (TPSA) is 54.5 Å². The molecule has 2 aromatic carbocycles. The number of rotatable bonds is 5. The Morgan fingerprint density at radius 1 is 0.814 bits per heavy atom. The Morgan fingerprint density at radius 3 is 1.88 bits per heavy atom. The second kappa shape index (κ2) is 11.0. The number of likely N-dealkylation sites (tertiary alicyclic amines) is 1. The van der Waals surface area contributed by atoms with E-state index in [0.29, 0.717) is 43.0 Å². The van der Waals surface area contributed by atoms with Gasteiger partial charge in [-0.25, -0.2) is 12.8 Å². The summed E-state index contributed by atoms with van der Waals surface area (Å²) in [5, 5.41) is 0. The molecule has 0 aromatic heterocycles. The molecule has 1 unspecified atom stereocenters. The summed E-state index contributed by atoms with van der Waals surface area (Å²) in [7, 11) is -4.88. The molecule has 4 rings (SSSR count). The van der Waals surface area contributed by atoms with Crippen LogP contribution in [0.3, 0.4) is 0 Å². The van der Waals surface area contributed by atoms with E-state index in [0.717, 1.165) is 25.0 Å². The molecule has 1 saturated carbocycles. The lowest BCUT2D eigenvalue weighted by Crippen LogP contribution is -2.50. The summed E-state index contributed by atoms with van der Waals surface area (Å²) in [6, 6.07) is 4.22. The van der Waals surface area contributed by atoms with E-state index >= 15 is 0 Å². The van der Waals surface area contributed by atoms with Crippen molar-refractivity contribution in [2.45, 2.75) is 72.9 Å². The molecule has 1 atom stereocenters. The van der Waals surface area contributed by atoms with Gasteiger partial charge in [-0.15, -0.1) is 0 Å². The maximum absolute atomic E-state index is 14.7. The van der Waals surface area contributed by atoms with Crippen molar-refractivity contribution >= 4 is 15.7 Å². The Hall–Kier alpha value is -2.84. The van der Waals surface area contributed by atoms with Crippen molar-refractivity contribution in [3.8, 4) is 0 Å². The lowest BCUT2D eigenvalue weighted by Gasteiger charge is -2.33. The maximum atomic E-state index is 14.7. The van der Waals surface area contributed by atoms with Crippen molar-refractivity contribution in [1.82, 2.24) is 4.90 Å². The molecule has 1 aliphatic heterocycles. The third kappa shape index (κ3) is 5.73. The van der Waals surface area contributed by atoms with Gasteiger partial charge in [0.2, 0.25) is 5.91 Å². The predicted molar refractivity (Wildman–Crippen MR) is 134 cm³/mol. The van der Waals surface area contributed by atoms with Crippen molar-refractivity contribution < 1.29 is 57.1 Å². The number of nitrogens with zero attached hydrogens (tertiary/aromatic N) is 1. The molecule has 1 heterocycles. The molecule has 0 bridgehead atoms. The first-order chi connectivity index (χ1) is 19.6. The molecule has 238 valence electrons. The smallest absolute Gasteiger partial charge is 0.340 e. The molecule has 1 saturated heterocycles. The molecular weight excluding hydrogens is 620 g/mol. The number of carbonyl (C=O) groups excluding carboxylic acids is 1. The fourth-order valence-corrected chi connectivity index (χ4v) is 8.03. The number of amides is 1. The maximum Gasteiger partial charge on any atom is 0.435 e. The van der Waals surface area contributed by atoms with Crippen LogP contribution in [0.25, 0.3) is 0 Å². The standard InChI is InChI=1S/C28H27F10NO3S/c1-17-5-7-18(8-6-17)23(40)39-14-13-24(16-39,43(41,42)22-4-2-3-21(15-22)26(30,31)32)19-9-11-20(12-10-19)25(29,27(33,34)35)28(36,37)38/h2-4,9-12,15,17-18H,5-8,13-14,16H2,1H3. The number of carbonyl (C=O) groups is 1. The zero-order chi connectivity index (χ0) is 32.2. The molecule has 43 heavy (non-hydrogen) atoms. The largest absolute Gasteiger partial charge is 0.435 e. The van der Waals surface area contributed by atoms with E-state index in [9.17, 15) is 57.1 Å². The van der Waals surface area contributed by atoms with Gasteiger partial charge < -0.3 is 4.90 Å². The summed E-state index contributed by atoms with van der Waals surface area (Å²) in [6.45, 7) is 1.20. The van der Waals surface area contributed by atoms with E-state index < -0.39 is 85.2 Å². The summed E-state index contributed by atoms with van der Waals surface area (Å²) in [5.41, 5.74) is -9.33. The van der Waals surface area contributed by atoms with Crippen LogP contribution in [0.15, 0.2) is 53.4 Å². The van der Waals surface area contributed by atoms with Gasteiger partial charge in [0.05, 0.1) is 10.5 Å². The van der Waals surface area contributed by atoms with Crippen LogP contribution in [-0.4, -0.2) is 44.7 Å². The summed E-state index contributed by atoms with van der Waals surface area (Å²) >= 11 is 0. The van der Waals surface area contributed by atoms with Gasteiger partial charge in [0, 0.05) is 24.6 Å². The van der Waals surface area contributed by atoms with Crippen LogP contribution in [-0.2, 0) is 31.2 Å². The SMILES string of the molecule is CC1CCC(C(=O)N2CCC(c3ccc(C(F)(C(F)(F)F)C(F)(F)F)cc3)(S(=O)(=O)c3cccc(C(F)(F)F)c3)C2)CC1. The molecule has 4 nitrogen and oxygen atoms in total. The quantitative estimate of drug-likeness (QED) is 0.313. The van der Waals surface area contributed by atoms with Gasteiger partial charge in [-0.05, 0) is 61.8 Å². The highest BCUT2D eigenvalue weighted by Crippen LogP contribution is 2.54. The number of sulfone groups is 1. The lowest BCUT2D eigenvalue weighted by molar-refractivity contribution is -0.348. The Balaban J connectivity index is 1.82. The van der Waals surface area contributed by atoms with Crippen molar-refractivity contribution in [1.29, 1.82) is 0 Å². The number of hydrogen-bond acceptors (Lipinski definition) is 3. The van der Waals surface area contributed by atoms with Gasteiger partial charge in [-0.1, -0.05) is 37.3 Å². The summed E-state index contributed by atoms with van der Waals surface area (Å²) in [5.74, 6) is -0.476. The molecule has 0 N–H and O–H groups in total. The monoisotopic (exact) mass is 647 g/mol. The number of benzene rings is 2. The second-order valence-electron chi connectivity index (χ2n) is 11.2. The summed E-state index contributed by atoms with van der Waals surface area (Å²) in [6.07, 6.45) is -15.7. The highest BCUT2D eigenvalue weighted by molar-refractivity contribution is 7.92. The van der Waals surface area contributed by atoms with Crippen LogP contribution in [0.4, 0.5) is 43.9 Å². The van der Waals surface area contributed by atoms with Gasteiger partial charge in [0.1, 0.15) is 4.75 Å². The summed E-state index contributed by atoms with van der Waals surface area (Å²) < 4.78 is 161. The van der Waals surface area contributed by atoms with E-state index in [-0.39, 0.29) is 18.7 Å². The molecule has 1 aliphatic carbocycles. The normalized spacial score (nSPS) is 24.3.